The maximum Gasteiger partial charge on any atom is 0.318 e. The summed E-state index contributed by atoms with van der Waals surface area (Å²) in [6, 6.07) is 14.7. The molecule has 2 aromatic carbocycles. The van der Waals surface area contributed by atoms with Gasteiger partial charge in [0.15, 0.2) is 0 Å². The number of anilines is 1. The fraction of sp³-hybridized carbons (Fsp3) is 0.517. The number of nitrogens with zero attached hydrogens (tertiary/aromatic N) is 3. The number of aliphatic hydroxyl groups is 1. The Morgan fingerprint density at radius 2 is 1.83 bits per heavy atom. The minimum atomic E-state index is -0.0919. The van der Waals surface area contributed by atoms with E-state index < -0.39 is 0 Å². The van der Waals surface area contributed by atoms with Crippen LogP contribution >= 0.6 is 15.9 Å². The van der Waals surface area contributed by atoms with Crippen molar-refractivity contribution in [3.63, 3.8) is 0 Å². The summed E-state index contributed by atoms with van der Waals surface area (Å²) >= 11 is 3.81. The number of aromatic nitrogens is 2. The van der Waals surface area contributed by atoms with Gasteiger partial charge in [-0.15, -0.1) is 0 Å². The highest BCUT2D eigenvalue weighted by Crippen LogP contribution is 2.45. The number of hydrogen-bond acceptors (Lipinski definition) is 6. The van der Waals surface area contributed by atoms with Gasteiger partial charge in [-0.25, -0.2) is 0 Å². The minimum Gasteiger partial charge on any atom is -0.463 e. The van der Waals surface area contributed by atoms with E-state index in [4.69, 9.17) is 14.7 Å². The maximum absolute atomic E-state index is 9.78. The first-order valence-electron chi connectivity index (χ1n) is 13.4. The minimum absolute atomic E-state index is 0.0919. The molecule has 7 heteroatoms. The molecule has 6 nitrogen and oxygen atoms in total. The Kier molecular flexibility index (Phi) is 5.71. The molecule has 1 aromatic heterocycles. The van der Waals surface area contributed by atoms with Crippen LogP contribution in [0, 0.1) is 5.41 Å². The molecule has 2 bridgehead atoms. The number of ether oxygens (including phenoxy) is 1. The molecule has 2 aliphatic carbocycles. The number of hydrogen-bond donors (Lipinski definition) is 2. The molecule has 36 heavy (non-hydrogen) atoms. The van der Waals surface area contributed by atoms with Crippen LogP contribution in [-0.2, 0) is 12.8 Å². The van der Waals surface area contributed by atoms with E-state index in [0.717, 1.165) is 61.2 Å². The number of rotatable bonds is 6. The van der Waals surface area contributed by atoms with Crippen molar-refractivity contribution >= 4 is 32.5 Å². The molecule has 0 spiro atoms. The van der Waals surface area contributed by atoms with Gasteiger partial charge in [-0.1, -0.05) is 46.3 Å². The molecule has 3 atom stereocenters. The quantitative estimate of drug-likeness (QED) is 0.463. The Morgan fingerprint density at radius 1 is 1.06 bits per heavy atom. The molecule has 0 radical (unpaired) electrons. The van der Waals surface area contributed by atoms with E-state index in [2.05, 4.69) is 62.5 Å². The Balaban J connectivity index is 1.25. The number of fused-ring (bicyclic) bond motifs is 4. The van der Waals surface area contributed by atoms with Crippen molar-refractivity contribution in [1.82, 2.24) is 15.3 Å². The zero-order chi connectivity index (χ0) is 24.3. The van der Waals surface area contributed by atoms with Crippen LogP contribution in [0.3, 0.4) is 0 Å². The molecule has 2 N–H and O–H groups in total. The van der Waals surface area contributed by atoms with Gasteiger partial charge < -0.3 is 20.1 Å². The molecule has 0 amide bonds. The third kappa shape index (κ3) is 4.09. The van der Waals surface area contributed by atoms with Crippen molar-refractivity contribution in [2.24, 2.45) is 5.41 Å². The lowest BCUT2D eigenvalue weighted by Gasteiger charge is -2.36. The first kappa shape index (κ1) is 22.9. The first-order valence-corrected chi connectivity index (χ1v) is 14.2. The maximum atomic E-state index is 9.78. The molecule has 4 aliphatic rings. The average Bonchev–Trinajstić information content (AvgIpc) is 3.62. The van der Waals surface area contributed by atoms with Crippen LogP contribution in [0.4, 0.5) is 5.82 Å². The molecule has 1 saturated carbocycles. The number of aliphatic hydroxyl groups excluding tert-OH is 1. The van der Waals surface area contributed by atoms with Gasteiger partial charge >= 0.3 is 6.01 Å². The lowest BCUT2D eigenvalue weighted by Crippen LogP contribution is -2.51. The van der Waals surface area contributed by atoms with Crippen LogP contribution in [0.15, 0.2) is 40.9 Å². The number of nitrogens with one attached hydrogen (secondary N) is 1. The number of piperazine rings is 1. The Bertz CT molecular complexity index is 1290. The largest absolute Gasteiger partial charge is 0.463 e. The summed E-state index contributed by atoms with van der Waals surface area (Å²) in [6.07, 6.45) is 7.49. The highest BCUT2D eigenvalue weighted by atomic mass is 79.9. The Morgan fingerprint density at radius 3 is 2.58 bits per heavy atom. The van der Waals surface area contributed by atoms with E-state index in [1.807, 2.05) is 0 Å². The molecule has 3 heterocycles. The lowest BCUT2D eigenvalue weighted by atomic mass is 9.80. The standard InChI is InChI=1S/C29H33BrN4O2/c30-24-6-2-4-18-3-1-5-22(26(18)24)19-7-10-23-25(13-19)32-28(36-17-29(16-35)11-12-29)33-27(23)34-14-20-8-9-21(15-34)31-20/h1-6,19-21,31,35H,7-17H2. The number of halogens is 1. The van der Waals surface area contributed by atoms with Crippen molar-refractivity contribution in [3.05, 3.63) is 57.7 Å². The molecule has 2 saturated heterocycles. The third-order valence-corrected chi connectivity index (χ3v) is 9.54. The second-order valence-electron chi connectivity index (χ2n) is 11.4. The molecule has 7 rings (SSSR count). The molecule has 3 unspecified atom stereocenters. The van der Waals surface area contributed by atoms with Gasteiger partial charge in [0.2, 0.25) is 0 Å². The second-order valence-corrected chi connectivity index (χ2v) is 12.2. The smallest absolute Gasteiger partial charge is 0.318 e. The Hall–Kier alpha value is -2.22. The van der Waals surface area contributed by atoms with Crippen molar-refractivity contribution < 1.29 is 9.84 Å². The first-order chi connectivity index (χ1) is 17.6. The fourth-order valence-corrected chi connectivity index (χ4v) is 7.15. The van der Waals surface area contributed by atoms with E-state index >= 15 is 0 Å². The van der Waals surface area contributed by atoms with E-state index in [0.29, 0.717) is 30.6 Å². The summed E-state index contributed by atoms with van der Waals surface area (Å²) in [5, 5.41) is 16.1. The molecule has 3 fully saturated rings. The van der Waals surface area contributed by atoms with Crippen molar-refractivity contribution in [3.8, 4) is 6.01 Å². The summed E-state index contributed by atoms with van der Waals surface area (Å²) in [5.41, 5.74) is 3.74. The van der Waals surface area contributed by atoms with Crippen molar-refractivity contribution in [1.29, 1.82) is 0 Å². The monoisotopic (exact) mass is 548 g/mol. The summed E-state index contributed by atoms with van der Waals surface area (Å²) in [6.45, 7) is 2.66. The van der Waals surface area contributed by atoms with Gasteiger partial charge in [0.05, 0.1) is 18.9 Å². The normalized spacial score (nSPS) is 26.2. The average molecular weight is 550 g/mol. The van der Waals surface area contributed by atoms with E-state index in [1.165, 1.54) is 34.7 Å². The zero-order valence-corrected chi connectivity index (χ0v) is 22.1. The molecular weight excluding hydrogens is 516 g/mol. The highest BCUT2D eigenvalue weighted by molar-refractivity contribution is 9.10. The second kappa shape index (κ2) is 8.96. The summed E-state index contributed by atoms with van der Waals surface area (Å²) < 4.78 is 7.35. The molecular formula is C29H33BrN4O2. The van der Waals surface area contributed by atoms with E-state index in [-0.39, 0.29) is 12.0 Å². The van der Waals surface area contributed by atoms with Crippen molar-refractivity contribution in [2.45, 2.75) is 62.9 Å². The van der Waals surface area contributed by atoms with Crippen LogP contribution in [0.1, 0.15) is 54.8 Å². The zero-order valence-electron chi connectivity index (χ0n) is 20.5. The number of benzene rings is 2. The van der Waals surface area contributed by atoms with E-state index in [1.54, 1.807) is 0 Å². The predicted molar refractivity (Wildman–Crippen MR) is 145 cm³/mol. The van der Waals surface area contributed by atoms with Gasteiger partial charge in [0, 0.05) is 40.6 Å². The van der Waals surface area contributed by atoms with Crippen LogP contribution < -0.4 is 15.0 Å². The van der Waals surface area contributed by atoms with Crippen LogP contribution in [0.5, 0.6) is 6.01 Å². The van der Waals surface area contributed by atoms with Crippen LogP contribution in [0.25, 0.3) is 10.8 Å². The molecule has 3 aromatic rings. The van der Waals surface area contributed by atoms with Crippen LogP contribution in [0.2, 0.25) is 0 Å². The lowest BCUT2D eigenvalue weighted by molar-refractivity contribution is 0.140. The third-order valence-electron chi connectivity index (χ3n) is 8.87. The fourth-order valence-electron chi connectivity index (χ4n) is 6.54. The summed E-state index contributed by atoms with van der Waals surface area (Å²) in [4.78, 5) is 12.5. The topological polar surface area (TPSA) is 70.5 Å². The highest BCUT2D eigenvalue weighted by Gasteiger charge is 2.43. The molecule has 2 aliphatic heterocycles. The van der Waals surface area contributed by atoms with Gasteiger partial charge in [0.1, 0.15) is 5.82 Å². The predicted octanol–water partition coefficient (Wildman–Crippen LogP) is 4.76. The van der Waals surface area contributed by atoms with Crippen LogP contribution in [-0.4, -0.2) is 53.5 Å². The SMILES string of the molecule is OCC1(COc2nc3c(c(N4CC5CCC(C4)N5)n2)CCC(c2cccc4cccc(Br)c24)C3)CC1. The summed E-state index contributed by atoms with van der Waals surface area (Å²) in [5.74, 6) is 1.49. The molecule has 188 valence electrons. The van der Waals surface area contributed by atoms with Gasteiger partial charge in [-0.2, -0.15) is 9.97 Å². The van der Waals surface area contributed by atoms with Crippen molar-refractivity contribution in [2.75, 3.05) is 31.2 Å². The Labute approximate surface area is 220 Å². The van der Waals surface area contributed by atoms with Gasteiger partial charge in [-0.3, -0.25) is 0 Å². The van der Waals surface area contributed by atoms with Gasteiger partial charge in [-0.05, 0) is 73.3 Å². The summed E-state index contributed by atoms with van der Waals surface area (Å²) in [7, 11) is 0. The van der Waals surface area contributed by atoms with E-state index in [9.17, 15) is 5.11 Å². The van der Waals surface area contributed by atoms with Gasteiger partial charge in [0.25, 0.3) is 0 Å².